The average Bonchev–Trinajstić information content (AvgIpc) is 2.15. The van der Waals surface area contributed by atoms with E-state index in [0.717, 1.165) is 12.8 Å². The SMILES string of the molecule is CCCC(C)CC(O)c1c(F)cc(Br)cc1F. The molecule has 2 atom stereocenters. The van der Waals surface area contributed by atoms with Gasteiger partial charge in [0.15, 0.2) is 0 Å². The summed E-state index contributed by atoms with van der Waals surface area (Å²) in [5.74, 6) is -1.15. The Bertz CT molecular complexity index is 359. The van der Waals surface area contributed by atoms with Crippen molar-refractivity contribution in [1.29, 1.82) is 0 Å². The van der Waals surface area contributed by atoms with E-state index >= 15 is 0 Å². The standard InChI is InChI=1S/C13H17BrF2O/c1-3-4-8(2)5-12(17)13-10(15)6-9(14)7-11(13)16/h6-8,12,17H,3-5H2,1-2H3. The Morgan fingerprint density at radius 1 is 1.29 bits per heavy atom. The van der Waals surface area contributed by atoms with Gasteiger partial charge in [-0.15, -0.1) is 0 Å². The minimum Gasteiger partial charge on any atom is -0.388 e. The molecule has 0 bridgehead atoms. The van der Waals surface area contributed by atoms with Crippen LogP contribution >= 0.6 is 15.9 Å². The molecule has 0 fully saturated rings. The third kappa shape index (κ3) is 4.03. The van der Waals surface area contributed by atoms with E-state index in [-0.39, 0.29) is 11.5 Å². The molecule has 0 saturated carbocycles. The molecule has 1 N–H and O–H groups in total. The van der Waals surface area contributed by atoms with Gasteiger partial charge in [0.05, 0.1) is 11.7 Å². The van der Waals surface area contributed by atoms with Crippen molar-refractivity contribution in [3.05, 3.63) is 33.8 Å². The van der Waals surface area contributed by atoms with Gasteiger partial charge in [-0.2, -0.15) is 0 Å². The molecule has 96 valence electrons. The van der Waals surface area contributed by atoms with Crippen molar-refractivity contribution in [3.63, 3.8) is 0 Å². The first kappa shape index (κ1) is 14.6. The molecule has 0 aliphatic carbocycles. The minimum atomic E-state index is -1.08. The second-order valence-corrected chi connectivity index (χ2v) is 5.34. The zero-order valence-electron chi connectivity index (χ0n) is 10.0. The van der Waals surface area contributed by atoms with E-state index in [2.05, 4.69) is 15.9 Å². The van der Waals surface area contributed by atoms with Gasteiger partial charge in [0, 0.05) is 4.47 Å². The molecule has 0 aliphatic heterocycles. The van der Waals surface area contributed by atoms with Crippen LogP contribution in [0.1, 0.15) is 44.8 Å². The summed E-state index contributed by atoms with van der Waals surface area (Å²) in [5, 5.41) is 9.87. The van der Waals surface area contributed by atoms with E-state index in [4.69, 9.17) is 0 Å². The van der Waals surface area contributed by atoms with Crippen LogP contribution < -0.4 is 0 Å². The van der Waals surface area contributed by atoms with Crippen molar-refractivity contribution in [3.8, 4) is 0 Å². The molecular formula is C13H17BrF2O. The molecule has 0 amide bonds. The highest BCUT2D eigenvalue weighted by molar-refractivity contribution is 9.10. The fraction of sp³-hybridized carbons (Fsp3) is 0.538. The van der Waals surface area contributed by atoms with Gasteiger partial charge in [0.1, 0.15) is 11.6 Å². The van der Waals surface area contributed by atoms with E-state index in [9.17, 15) is 13.9 Å². The van der Waals surface area contributed by atoms with Crippen LogP contribution in [-0.2, 0) is 0 Å². The van der Waals surface area contributed by atoms with Crippen LogP contribution in [-0.4, -0.2) is 5.11 Å². The number of rotatable bonds is 5. The van der Waals surface area contributed by atoms with Crippen LogP contribution in [0.5, 0.6) is 0 Å². The van der Waals surface area contributed by atoms with Gasteiger partial charge in [-0.05, 0) is 24.5 Å². The van der Waals surface area contributed by atoms with Crippen molar-refractivity contribution in [2.24, 2.45) is 5.92 Å². The topological polar surface area (TPSA) is 20.2 Å². The van der Waals surface area contributed by atoms with Crippen LogP contribution in [0.15, 0.2) is 16.6 Å². The second kappa shape index (κ2) is 6.45. The fourth-order valence-electron chi connectivity index (χ4n) is 1.98. The summed E-state index contributed by atoms with van der Waals surface area (Å²) in [4.78, 5) is 0. The lowest BCUT2D eigenvalue weighted by atomic mass is 9.94. The summed E-state index contributed by atoms with van der Waals surface area (Å²) in [6.07, 6.45) is 1.24. The van der Waals surface area contributed by atoms with Gasteiger partial charge in [-0.1, -0.05) is 42.6 Å². The largest absolute Gasteiger partial charge is 0.388 e. The highest BCUT2D eigenvalue weighted by Gasteiger charge is 2.20. The molecule has 1 nitrogen and oxygen atoms in total. The molecule has 17 heavy (non-hydrogen) atoms. The third-order valence-corrected chi connectivity index (χ3v) is 3.24. The highest BCUT2D eigenvalue weighted by atomic mass is 79.9. The lowest BCUT2D eigenvalue weighted by Crippen LogP contribution is -2.08. The fourth-order valence-corrected chi connectivity index (χ4v) is 2.38. The summed E-state index contributed by atoms with van der Waals surface area (Å²) < 4.78 is 27.5. The number of halogens is 3. The van der Waals surface area contributed by atoms with Gasteiger partial charge in [-0.3, -0.25) is 0 Å². The summed E-state index contributed by atoms with van der Waals surface area (Å²) >= 11 is 3.01. The molecule has 2 unspecified atom stereocenters. The Morgan fingerprint density at radius 2 is 1.82 bits per heavy atom. The molecule has 0 saturated heterocycles. The van der Waals surface area contributed by atoms with E-state index < -0.39 is 17.7 Å². The van der Waals surface area contributed by atoms with Gasteiger partial charge < -0.3 is 5.11 Å². The quantitative estimate of drug-likeness (QED) is 0.843. The van der Waals surface area contributed by atoms with Crippen molar-refractivity contribution < 1.29 is 13.9 Å². The van der Waals surface area contributed by atoms with Gasteiger partial charge in [0.25, 0.3) is 0 Å². The van der Waals surface area contributed by atoms with Gasteiger partial charge in [0.2, 0.25) is 0 Å². The van der Waals surface area contributed by atoms with Crippen LogP contribution in [0.3, 0.4) is 0 Å². The zero-order chi connectivity index (χ0) is 13.0. The number of aliphatic hydroxyl groups is 1. The Morgan fingerprint density at radius 3 is 2.29 bits per heavy atom. The lowest BCUT2D eigenvalue weighted by Gasteiger charge is -2.17. The van der Waals surface area contributed by atoms with E-state index in [1.54, 1.807) is 0 Å². The number of benzene rings is 1. The molecule has 0 aliphatic rings. The summed E-state index contributed by atoms with van der Waals surface area (Å²) in [5.41, 5.74) is -0.226. The first-order valence-corrected chi connectivity index (χ1v) is 6.57. The smallest absolute Gasteiger partial charge is 0.133 e. The van der Waals surface area contributed by atoms with Crippen molar-refractivity contribution in [2.45, 2.75) is 39.2 Å². The number of hydrogen-bond acceptors (Lipinski definition) is 1. The summed E-state index contributed by atoms with van der Waals surface area (Å²) in [6, 6.07) is 2.35. The predicted molar refractivity (Wildman–Crippen MR) is 67.7 cm³/mol. The maximum Gasteiger partial charge on any atom is 0.133 e. The molecule has 4 heteroatoms. The van der Waals surface area contributed by atoms with Crippen molar-refractivity contribution in [2.75, 3.05) is 0 Å². The van der Waals surface area contributed by atoms with Gasteiger partial charge >= 0.3 is 0 Å². The molecule has 1 aromatic carbocycles. The van der Waals surface area contributed by atoms with Crippen LogP contribution in [0.4, 0.5) is 8.78 Å². The first-order valence-electron chi connectivity index (χ1n) is 5.78. The van der Waals surface area contributed by atoms with Crippen molar-refractivity contribution >= 4 is 15.9 Å². The highest BCUT2D eigenvalue weighted by Crippen LogP contribution is 2.29. The molecular weight excluding hydrogens is 290 g/mol. The Hall–Kier alpha value is -0.480. The van der Waals surface area contributed by atoms with Gasteiger partial charge in [-0.25, -0.2) is 8.78 Å². The average molecular weight is 307 g/mol. The molecule has 0 heterocycles. The summed E-state index contributed by atoms with van der Waals surface area (Å²) in [6.45, 7) is 4.02. The maximum absolute atomic E-state index is 13.6. The van der Waals surface area contributed by atoms with Crippen molar-refractivity contribution in [1.82, 2.24) is 0 Å². The molecule has 0 aromatic heterocycles. The third-order valence-electron chi connectivity index (χ3n) is 2.78. The second-order valence-electron chi connectivity index (χ2n) is 4.43. The maximum atomic E-state index is 13.6. The molecule has 0 radical (unpaired) electrons. The number of aliphatic hydroxyl groups excluding tert-OH is 1. The van der Waals surface area contributed by atoms with E-state index in [1.165, 1.54) is 12.1 Å². The Balaban J connectivity index is 2.85. The molecule has 0 spiro atoms. The van der Waals surface area contributed by atoms with Crippen LogP contribution in [0.2, 0.25) is 0 Å². The van der Waals surface area contributed by atoms with E-state index in [0.29, 0.717) is 10.9 Å². The van der Waals surface area contributed by atoms with E-state index in [1.807, 2.05) is 13.8 Å². The normalized spacial score (nSPS) is 14.7. The lowest BCUT2D eigenvalue weighted by molar-refractivity contribution is 0.136. The molecule has 1 rings (SSSR count). The summed E-state index contributed by atoms with van der Waals surface area (Å²) in [7, 11) is 0. The number of hydrogen-bond donors (Lipinski definition) is 1. The molecule has 1 aromatic rings. The zero-order valence-corrected chi connectivity index (χ0v) is 11.6. The first-order chi connectivity index (χ1) is 7.95. The Kier molecular flexibility index (Phi) is 5.53. The Labute approximate surface area is 109 Å². The van der Waals surface area contributed by atoms with Crippen LogP contribution in [0, 0.1) is 17.6 Å². The predicted octanol–water partition coefficient (Wildman–Crippen LogP) is 4.59. The minimum absolute atomic E-state index is 0.226. The van der Waals surface area contributed by atoms with Crippen LogP contribution in [0.25, 0.3) is 0 Å². The monoisotopic (exact) mass is 306 g/mol.